The summed E-state index contributed by atoms with van der Waals surface area (Å²) in [4.78, 5) is 0. The Morgan fingerprint density at radius 3 is 2.40 bits per heavy atom. The van der Waals surface area contributed by atoms with Crippen molar-refractivity contribution < 1.29 is 13.9 Å². The molecule has 1 atom stereocenters. The van der Waals surface area contributed by atoms with E-state index in [-0.39, 0.29) is 12.6 Å². The van der Waals surface area contributed by atoms with Crippen molar-refractivity contribution in [2.75, 3.05) is 6.61 Å². The monoisotopic (exact) mass is 283 g/mol. The normalized spacial score (nSPS) is 20.4. The third-order valence-corrected chi connectivity index (χ3v) is 4.22. The van der Waals surface area contributed by atoms with E-state index in [4.69, 9.17) is 0 Å². The molecule has 0 saturated heterocycles. The van der Waals surface area contributed by atoms with E-state index in [1.54, 1.807) is 6.92 Å². The molecule has 1 aromatic carbocycles. The first-order valence-electron chi connectivity index (χ1n) is 7.39. The molecule has 2 nitrogen and oxygen atoms in total. The first kappa shape index (κ1) is 15.4. The van der Waals surface area contributed by atoms with Crippen molar-refractivity contribution in [1.29, 1.82) is 0 Å². The molecule has 2 N–H and O–H groups in total. The fourth-order valence-electron chi connectivity index (χ4n) is 3.02. The first-order chi connectivity index (χ1) is 9.55. The molecule has 0 radical (unpaired) electrons. The zero-order valence-electron chi connectivity index (χ0n) is 12.0. The summed E-state index contributed by atoms with van der Waals surface area (Å²) >= 11 is 0. The van der Waals surface area contributed by atoms with Crippen LogP contribution in [0, 0.1) is 11.6 Å². The third kappa shape index (κ3) is 3.55. The Labute approximate surface area is 119 Å². The van der Waals surface area contributed by atoms with Crippen LogP contribution in [-0.2, 0) is 5.54 Å². The Bertz CT molecular complexity index is 444. The van der Waals surface area contributed by atoms with Gasteiger partial charge < -0.3 is 10.4 Å². The van der Waals surface area contributed by atoms with Crippen LogP contribution in [0.4, 0.5) is 8.78 Å². The predicted octanol–water partition coefficient (Wildman–Crippen LogP) is 3.48. The molecule has 4 heteroatoms. The standard InChI is InChI=1S/C16H23F2NO/c1-16(11-20,14-9-8-12(17)10-15(14)18)19-13-6-4-2-3-5-7-13/h8-10,13,19-20H,2-7,11H2,1H3. The summed E-state index contributed by atoms with van der Waals surface area (Å²) in [6.45, 7) is 1.56. The fourth-order valence-corrected chi connectivity index (χ4v) is 3.02. The number of benzene rings is 1. The molecular weight excluding hydrogens is 260 g/mol. The van der Waals surface area contributed by atoms with Gasteiger partial charge in [-0.2, -0.15) is 0 Å². The van der Waals surface area contributed by atoms with Crippen LogP contribution in [0.15, 0.2) is 18.2 Å². The quantitative estimate of drug-likeness (QED) is 0.829. The molecule has 1 aliphatic carbocycles. The molecule has 112 valence electrons. The van der Waals surface area contributed by atoms with Crippen LogP contribution >= 0.6 is 0 Å². The van der Waals surface area contributed by atoms with E-state index in [1.165, 1.54) is 25.0 Å². The minimum atomic E-state index is -0.868. The lowest BCUT2D eigenvalue weighted by Crippen LogP contribution is -2.48. The van der Waals surface area contributed by atoms with Crippen molar-refractivity contribution in [2.45, 2.75) is 57.0 Å². The maximum absolute atomic E-state index is 14.0. The van der Waals surface area contributed by atoms with Gasteiger partial charge in [-0.3, -0.25) is 0 Å². The first-order valence-corrected chi connectivity index (χ1v) is 7.39. The van der Waals surface area contributed by atoms with E-state index in [9.17, 15) is 13.9 Å². The van der Waals surface area contributed by atoms with Crippen LogP contribution in [-0.4, -0.2) is 17.8 Å². The smallest absolute Gasteiger partial charge is 0.131 e. The van der Waals surface area contributed by atoms with Crippen molar-refractivity contribution in [3.63, 3.8) is 0 Å². The lowest BCUT2D eigenvalue weighted by atomic mass is 9.90. The molecular formula is C16H23F2NO. The molecule has 0 spiro atoms. The van der Waals surface area contributed by atoms with Crippen molar-refractivity contribution >= 4 is 0 Å². The summed E-state index contributed by atoms with van der Waals surface area (Å²) in [5.41, 5.74) is -0.544. The average molecular weight is 283 g/mol. The molecule has 0 bridgehead atoms. The average Bonchev–Trinajstić information content (AvgIpc) is 2.67. The topological polar surface area (TPSA) is 32.3 Å². The SMILES string of the molecule is CC(CO)(NC1CCCCCC1)c1ccc(F)cc1F. The summed E-state index contributed by atoms with van der Waals surface area (Å²) in [5.74, 6) is -1.20. The molecule has 0 amide bonds. The van der Waals surface area contributed by atoms with E-state index in [2.05, 4.69) is 5.32 Å². The molecule has 1 fully saturated rings. The van der Waals surface area contributed by atoms with Gasteiger partial charge in [0.2, 0.25) is 0 Å². The lowest BCUT2D eigenvalue weighted by molar-refractivity contribution is 0.153. The van der Waals surface area contributed by atoms with Gasteiger partial charge in [0, 0.05) is 17.7 Å². The number of hydrogen-bond acceptors (Lipinski definition) is 2. The summed E-state index contributed by atoms with van der Waals surface area (Å²) in [7, 11) is 0. The largest absolute Gasteiger partial charge is 0.394 e. The van der Waals surface area contributed by atoms with Crippen molar-refractivity contribution in [1.82, 2.24) is 5.32 Å². The molecule has 0 aliphatic heterocycles. The Morgan fingerprint density at radius 1 is 1.20 bits per heavy atom. The van der Waals surface area contributed by atoms with Crippen LogP contribution in [0.1, 0.15) is 51.0 Å². The van der Waals surface area contributed by atoms with Crippen LogP contribution in [0.2, 0.25) is 0 Å². The molecule has 1 aromatic rings. The minimum absolute atomic E-state index is 0.216. The van der Waals surface area contributed by atoms with E-state index in [0.29, 0.717) is 5.56 Å². The van der Waals surface area contributed by atoms with Crippen LogP contribution in [0.3, 0.4) is 0 Å². The van der Waals surface area contributed by atoms with Gasteiger partial charge in [0.05, 0.1) is 12.1 Å². The molecule has 1 unspecified atom stereocenters. The molecule has 0 aromatic heterocycles. The van der Waals surface area contributed by atoms with Gasteiger partial charge in [-0.1, -0.05) is 31.7 Å². The second-order valence-electron chi connectivity index (χ2n) is 5.95. The fraction of sp³-hybridized carbons (Fsp3) is 0.625. The molecule has 20 heavy (non-hydrogen) atoms. The summed E-state index contributed by atoms with van der Waals surface area (Å²) in [6.07, 6.45) is 6.87. The highest BCUT2D eigenvalue weighted by atomic mass is 19.1. The number of hydrogen-bond donors (Lipinski definition) is 2. The van der Waals surface area contributed by atoms with Crippen molar-refractivity contribution in [3.8, 4) is 0 Å². The number of halogens is 2. The van der Waals surface area contributed by atoms with Crippen molar-refractivity contribution in [2.24, 2.45) is 0 Å². The number of aliphatic hydroxyl groups is 1. The molecule has 1 aliphatic rings. The Hall–Kier alpha value is -1.00. The molecule has 2 rings (SSSR count). The van der Waals surface area contributed by atoms with Gasteiger partial charge in [0.25, 0.3) is 0 Å². The third-order valence-electron chi connectivity index (χ3n) is 4.22. The Balaban J connectivity index is 2.18. The number of aliphatic hydroxyl groups excluding tert-OH is 1. The Morgan fingerprint density at radius 2 is 1.85 bits per heavy atom. The maximum Gasteiger partial charge on any atom is 0.131 e. The molecule has 1 saturated carbocycles. The Kier molecular flexibility index (Phi) is 5.11. The van der Waals surface area contributed by atoms with E-state index < -0.39 is 17.2 Å². The van der Waals surface area contributed by atoms with E-state index in [0.717, 1.165) is 31.7 Å². The lowest BCUT2D eigenvalue weighted by Gasteiger charge is -2.34. The maximum atomic E-state index is 14.0. The summed E-state index contributed by atoms with van der Waals surface area (Å²) < 4.78 is 27.0. The van der Waals surface area contributed by atoms with E-state index in [1.807, 2.05) is 0 Å². The molecule has 0 heterocycles. The van der Waals surface area contributed by atoms with Crippen LogP contribution in [0.25, 0.3) is 0 Å². The van der Waals surface area contributed by atoms with Crippen LogP contribution < -0.4 is 5.32 Å². The van der Waals surface area contributed by atoms with Gasteiger partial charge in [-0.25, -0.2) is 8.78 Å². The van der Waals surface area contributed by atoms with Gasteiger partial charge in [0.15, 0.2) is 0 Å². The summed E-state index contributed by atoms with van der Waals surface area (Å²) in [6, 6.07) is 3.81. The van der Waals surface area contributed by atoms with Gasteiger partial charge in [-0.05, 0) is 25.8 Å². The minimum Gasteiger partial charge on any atom is -0.394 e. The van der Waals surface area contributed by atoms with Gasteiger partial charge >= 0.3 is 0 Å². The zero-order valence-corrected chi connectivity index (χ0v) is 12.0. The summed E-state index contributed by atoms with van der Waals surface area (Å²) in [5, 5.41) is 13.1. The predicted molar refractivity (Wildman–Crippen MR) is 75.4 cm³/mol. The highest BCUT2D eigenvalue weighted by Gasteiger charge is 2.31. The van der Waals surface area contributed by atoms with Gasteiger partial charge in [0.1, 0.15) is 11.6 Å². The second kappa shape index (κ2) is 6.64. The van der Waals surface area contributed by atoms with Crippen LogP contribution in [0.5, 0.6) is 0 Å². The van der Waals surface area contributed by atoms with Crippen molar-refractivity contribution in [3.05, 3.63) is 35.4 Å². The van der Waals surface area contributed by atoms with Gasteiger partial charge in [-0.15, -0.1) is 0 Å². The van der Waals surface area contributed by atoms with E-state index >= 15 is 0 Å². The number of rotatable bonds is 4. The zero-order chi connectivity index (χ0) is 14.6. The number of nitrogens with one attached hydrogen (secondary N) is 1. The second-order valence-corrected chi connectivity index (χ2v) is 5.95. The highest BCUT2D eigenvalue weighted by molar-refractivity contribution is 5.26. The highest BCUT2D eigenvalue weighted by Crippen LogP contribution is 2.27.